The lowest BCUT2D eigenvalue weighted by molar-refractivity contribution is -0.109. The van der Waals surface area contributed by atoms with E-state index < -0.39 is 5.54 Å². The smallest absolute Gasteiger partial charge is 0.211 e. The first-order valence-corrected chi connectivity index (χ1v) is 7.17. The van der Waals surface area contributed by atoms with E-state index in [1.807, 2.05) is 32.1 Å². The van der Waals surface area contributed by atoms with E-state index in [0.717, 1.165) is 16.8 Å². The molecule has 0 spiro atoms. The van der Waals surface area contributed by atoms with Crippen LogP contribution >= 0.6 is 0 Å². The van der Waals surface area contributed by atoms with Crippen LogP contribution < -0.4 is 10.6 Å². The monoisotopic (exact) mass is 309 g/mol. The summed E-state index contributed by atoms with van der Waals surface area (Å²) in [5, 5.41) is 12.5. The fraction of sp³-hybridized carbons (Fsp3) is 0.235. The molecule has 2 heterocycles. The molecular weight excluding hydrogens is 290 g/mol. The molecule has 1 unspecified atom stereocenters. The highest BCUT2D eigenvalue weighted by Gasteiger charge is 2.23. The Bertz CT molecular complexity index is 738. The number of allylic oxidation sites excluding steroid dienone is 1. The van der Waals surface area contributed by atoms with Crippen molar-refractivity contribution in [1.82, 2.24) is 25.8 Å². The van der Waals surface area contributed by atoms with Gasteiger partial charge in [-0.05, 0) is 33.0 Å². The van der Waals surface area contributed by atoms with Crippen molar-refractivity contribution in [3.8, 4) is 23.1 Å². The molecule has 0 aliphatic rings. The number of carbonyl (C=O) groups excluding carboxylic acids is 1. The van der Waals surface area contributed by atoms with Crippen LogP contribution in [0.5, 0.6) is 0 Å². The zero-order chi connectivity index (χ0) is 16.7. The van der Waals surface area contributed by atoms with E-state index in [2.05, 4.69) is 37.7 Å². The second-order valence-electron chi connectivity index (χ2n) is 5.01. The molecule has 0 aromatic carbocycles. The number of carbonyl (C=O) groups is 1. The fourth-order valence-corrected chi connectivity index (χ4v) is 2.07. The molecule has 1 amide bonds. The molecule has 0 aliphatic heterocycles. The SMILES string of the molecule is C/C=C(\NC=O)C(C)(C#Cc1ccc(-c2cn[nH]c2)nc1)NC. The summed E-state index contributed by atoms with van der Waals surface area (Å²) in [6, 6.07) is 3.80. The molecule has 6 heteroatoms. The largest absolute Gasteiger partial charge is 0.330 e. The van der Waals surface area contributed by atoms with Gasteiger partial charge in [0.1, 0.15) is 5.54 Å². The molecule has 118 valence electrons. The molecule has 0 bridgehead atoms. The van der Waals surface area contributed by atoms with Crippen LogP contribution in [-0.2, 0) is 4.79 Å². The van der Waals surface area contributed by atoms with Gasteiger partial charge in [0.15, 0.2) is 0 Å². The third-order valence-electron chi connectivity index (χ3n) is 3.56. The van der Waals surface area contributed by atoms with Crippen LogP contribution in [0.3, 0.4) is 0 Å². The lowest BCUT2D eigenvalue weighted by Crippen LogP contribution is -2.45. The Balaban J connectivity index is 2.24. The Morgan fingerprint density at radius 1 is 1.39 bits per heavy atom. The molecule has 0 aliphatic carbocycles. The number of likely N-dealkylation sites (N-methyl/N-ethyl adjacent to an activating group) is 1. The van der Waals surface area contributed by atoms with Crippen molar-refractivity contribution in [3.05, 3.63) is 48.1 Å². The van der Waals surface area contributed by atoms with Crippen molar-refractivity contribution in [2.45, 2.75) is 19.4 Å². The zero-order valence-corrected chi connectivity index (χ0v) is 13.3. The van der Waals surface area contributed by atoms with Gasteiger partial charge < -0.3 is 5.32 Å². The van der Waals surface area contributed by atoms with Crippen molar-refractivity contribution in [1.29, 1.82) is 0 Å². The first-order chi connectivity index (χ1) is 11.1. The van der Waals surface area contributed by atoms with Crippen molar-refractivity contribution >= 4 is 6.41 Å². The first kappa shape index (κ1) is 16.5. The van der Waals surface area contributed by atoms with Gasteiger partial charge in [0.05, 0.1) is 11.9 Å². The van der Waals surface area contributed by atoms with Crippen LogP contribution in [-0.4, -0.2) is 34.2 Å². The van der Waals surface area contributed by atoms with Crippen molar-refractivity contribution in [2.75, 3.05) is 7.05 Å². The van der Waals surface area contributed by atoms with E-state index in [4.69, 9.17) is 0 Å². The predicted molar refractivity (Wildman–Crippen MR) is 89.1 cm³/mol. The van der Waals surface area contributed by atoms with Crippen LogP contribution in [0.25, 0.3) is 11.3 Å². The maximum Gasteiger partial charge on any atom is 0.211 e. The van der Waals surface area contributed by atoms with Crippen LogP contribution in [0.2, 0.25) is 0 Å². The van der Waals surface area contributed by atoms with Gasteiger partial charge in [-0.1, -0.05) is 17.9 Å². The molecule has 2 aromatic rings. The third kappa shape index (κ3) is 3.84. The van der Waals surface area contributed by atoms with Gasteiger partial charge in [0, 0.05) is 29.2 Å². The van der Waals surface area contributed by atoms with Gasteiger partial charge in [-0.15, -0.1) is 0 Å². The number of hydrogen-bond donors (Lipinski definition) is 3. The van der Waals surface area contributed by atoms with Crippen LogP contribution in [0.15, 0.2) is 42.5 Å². The number of rotatable bonds is 5. The van der Waals surface area contributed by atoms with Crippen molar-refractivity contribution in [3.63, 3.8) is 0 Å². The number of pyridine rings is 1. The summed E-state index contributed by atoms with van der Waals surface area (Å²) in [6.45, 7) is 3.75. The minimum Gasteiger partial charge on any atom is -0.330 e. The molecule has 1 atom stereocenters. The van der Waals surface area contributed by atoms with E-state index in [9.17, 15) is 4.79 Å². The zero-order valence-electron chi connectivity index (χ0n) is 13.3. The number of aromatic amines is 1. The highest BCUT2D eigenvalue weighted by atomic mass is 16.1. The highest BCUT2D eigenvalue weighted by molar-refractivity contribution is 5.58. The third-order valence-corrected chi connectivity index (χ3v) is 3.56. The normalized spacial score (nSPS) is 13.6. The molecular formula is C17H19N5O. The fourth-order valence-electron chi connectivity index (χ4n) is 2.07. The summed E-state index contributed by atoms with van der Waals surface area (Å²) < 4.78 is 0. The summed E-state index contributed by atoms with van der Waals surface area (Å²) in [5.74, 6) is 6.23. The Labute approximate surface area is 135 Å². The van der Waals surface area contributed by atoms with E-state index in [0.29, 0.717) is 12.1 Å². The molecule has 0 saturated carbocycles. The van der Waals surface area contributed by atoms with E-state index in [1.165, 1.54) is 0 Å². The quantitative estimate of drug-likeness (QED) is 0.577. The minimum absolute atomic E-state index is 0.647. The number of nitrogens with zero attached hydrogens (tertiary/aromatic N) is 2. The maximum atomic E-state index is 10.7. The second kappa shape index (κ2) is 7.38. The Hall–Kier alpha value is -2.91. The predicted octanol–water partition coefficient (Wildman–Crippen LogP) is 1.45. The average molecular weight is 309 g/mol. The van der Waals surface area contributed by atoms with Gasteiger partial charge >= 0.3 is 0 Å². The molecule has 0 radical (unpaired) electrons. The van der Waals surface area contributed by atoms with Crippen LogP contribution in [0, 0.1) is 11.8 Å². The molecule has 0 saturated heterocycles. The Morgan fingerprint density at radius 2 is 2.22 bits per heavy atom. The topological polar surface area (TPSA) is 82.7 Å². The summed E-state index contributed by atoms with van der Waals surface area (Å²) in [5.41, 5.74) is 2.60. The molecule has 2 aromatic heterocycles. The van der Waals surface area contributed by atoms with Gasteiger partial charge in [-0.2, -0.15) is 5.10 Å². The highest BCUT2D eigenvalue weighted by Crippen LogP contribution is 2.15. The Morgan fingerprint density at radius 3 is 2.74 bits per heavy atom. The number of nitrogens with one attached hydrogen (secondary N) is 3. The maximum absolute atomic E-state index is 10.7. The summed E-state index contributed by atoms with van der Waals surface area (Å²) in [4.78, 5) is 15.1. The van der Waals surface area contributed by atoms with Crippen LogP contribution in [0.4, 0.5) is 0 Å². The second-order valence-corrected chi connectivity index (χ2v) is 5.01. The van der Waals surface area contributed by atoms with Gasteiger partial charge in [0.2, 0.25) is 6.41 Å². The number of H-pyrrole nitrogens is 1. The van der Waals surface area contributed by atoms with E-state index in [-0.39, 0.29) is 0 Å². The molecule has 2 rings (SSSR count). The molecule has 6 nitrogen and oxygen atoms in total. The van der Waals surface area contributed by atoms with Crippen molar-refractivity contribution in [2.24, 2.45) is 0 Å². The average Bonchev–Trinajstić information content (AvgIpc) is 3.12. The number of hydrogen-bond acceptors (Lipinski definition) is 4. The van der Waals surface area contributed by atoms with Gasteiger partial charge in [-0.3, -0.25) is 20.2 Å². The summed E-state index contributed by atoms with van der Waals surface area (Å²) in [6.07, 6.45) is 7.69. The van der Waals surface area contributed by atoms with Crippen LogP contribution in [0.1, 0.15) is 19.4 Å². The van der Waals surface area contributed by atoms with Gasteiger partial charge in [-0.25, -0.2) is 0 Å². The van der Waals surface area contributed by atoms with Crippen molar-refractivity contribution < 1.29 is 4.79 Å². The number of amides is 1. The number of aromatic nitrogens is 3. The first-order valence-electron chi connectivity index (χ1n) is 7.17. The Kier molecular flexibility index (Phi) is 5.28. The molecule has 23 heavy (non-hydrogen) atoms. The van der Waals surface area contributed by atoms with E-state index >= 15 is 0 Å². The van der Waals surface area contributed by atoms with Gasteiger partial charge in [0.25, 0.3) is 0 Å². The minimum atomic E-state index is -0.654. The lowest BCUT2D eigenvalue weighted by atomic mass is 9.97. The lowest BCUT2D eigenvalue weighted by Gasteiger charge is -2.25. The molecule has 0 fully saturated rings. The summed E-state index contributed by atoms with van der Waals surface area (Å²) >= 11 is 0. The standard InChI is InChI=1S/C17H19N5O/c1-4-16(20-12-23)17(2,18-3)8-7-13-5-6-15(19-9-13)14-10-21-22-11-14/h4-6,9-12,18H,1-3H3,(H,20,23)(H,21,22)/b16-4-. The molecule has 3 N–H and O–H groups in total. The summed E-state index contributed by atoms with van der Waals surface area (Å²) in [7, 11) is 1.80. The van der Waals surface area contributed by atoms with E-state index in [1.54, 1.807) is 25.6 Å².